The highest BCUT2D eigenvalue weighted by molar-refractivity contribution is 5.82. The van der Waals surface area contributed by atoms with Gasteiger partial charge in [-0.1, -0.05) is 0 Å². The number of nitrogens with zero attached hydrogens (tertiary/aromatic N) is 6. The van der Waals surface area contributed by atoms with Crippen LogP contribution < -0.4 is 11.0 Å². The fourth-order valence-corrected chi connectivity index (χ4v) is 3.02. The van der Waals surface area contributed by atoms with E-state index in [9.17, 15) is 9.18 Å². The third-order valence-corrected chi connectivity index (χ3v) is 4.33. The molecule has 0 amide bonds. The summed E-state index contributed by atoms with van der Waals surface area (Å²) >= 11 is 0. The average molecular weight is 387 g/mol. The zero-order valence-electron chi connectivity index (χ0n) is 16.4. The van der Waals surface area contributed by atoms with Crippen LogP contribution in [0.3, 0.4) is 0 Å². The van der Waals surface area contributed by atoms with Crippen molar-refractivity contribution in [3.63, 3.8) is 0 Å². The molecular weight excluding hydrogens is 365 g/mol. The molecule has 3 aromatic heterocycles. The van der Waals surface area contributed by atoms with Crippen molar-refractivity contribution in [2.24, 2.45) is 12.1 Å². The quantitative estimate of drug-likeness (QED) is 0.510. The minimum atomic E-state index is -0.501. The van der Waals surface area contributed by atoms with Gasteiger partial charge in [0.25, 0.3) is 5.56 Å². The second-order valence-electron chi connectivity index (χ2n) is 6.45. The van der Waals surface area contributed by atoms with Crippen LogP contribution in [0, 0.1) is 26.7 Å². The highest BCUT2D eigenvalue weighted by atomic mass is 19.1. The molecule has 10 heteroatoms. The first-order valence-electron chi connectivity index (χ1n) is 8.69. The smallest absolute Gasteiger partial charge is 0.284 e. The summed E-state index contributed by atoms with van der Waals surface area (Å²) in [6.07, 6.45) is 1.31. The lowest BCUT2D eigenvalue weighted by atomic mass is 10.2. The Kier molecular flexibility index (Phi) is 5.50. The van der Waals surface area contributed by atoms with Crippen LogP contribution in [0.5, 0.6) is 0 Å². The maximum absolute atomic E-state index is 14.0. The van der Waals surface area contributed by atoms with Gasteiger partial charge in [0.15, 0.2) is 0 Å². The van der Waals surface area contributed by atoms with E-state index in [0.717, 1.165) is 15.9 Å². The van der Waals surface area contributed by atoms with Crippen molar-refractivity contribution in [3.8, 4) is 0 Å². The normalized spacial score (nSPS) is 11.6. The average Bonchev–Trinajstić information content (AvgIpc) is 2.86. The molecule has 0 saturated carbocycles. The number of anilines is 1. The summed E-state index contributed by atoms with van der Waals surface area (Å²) in [5.74, 6) is -0.301. The third kappa shape index (κ3) is 3.63. The molecule has 0 aliphatic carbocycles. The largest absolute Gasteiger partial charge is 0.383 e. The number of pyridine rings is 1. The maximum atomic E-state index is 14.0. The van der Waals surface area contributed by atoms with Crippen LogP contribution >= 0.6 is 0 Å². The molecule has 1 N–H and O–H groups in total. The van der Waals surface area contributed by atoms with Crippen molar-refractivity contribution in [1.82, 2.24) is 24.3 Å². The summed E-state index contributed by atoms with van der Waals surface area (Å²) in [5, 5.41) is 8.49. The summed E-state index contributed by atoms with van der Waals surface area (Å²) < 4.78 is 22.1. The van der Waals surface area contributed by atoms with Crippen molar-refractivity contribution in [2.45, 2.75) is 27.3 Å². The van der Waals surface area contributed by atoms with E-state index in [1.165, 1.54) is 13.3 Å². The number of methoxy groups -OCH3 is 1. The number of aryl methyl sites for hydroxylation is 4. The molecular formula is C18H22FN7O2. The Morgan fingerprint density at radius 1 is 1.32 bits per heavy atom. The maximum Gasteiger partial charge on any atom is 0.284 e. The van der Waals surface area contributed by atoms with Gasteiger partial charge in [-0.25, -0.2) is 15.1 Å². The minimum Gasteiger partial charge on any atom is -0.383 e. The lowest BCUT2D eigenvalue weighted by Gasteiger charge is -2.15. The molecule has 3 aromatic rings. The predicted molar refractivity (Wildman–Crippen MR) is 104 cm³/mol. The summed E-state index contributed by atoms with van der Waals surface area (Å²) in [6, 6.07) is 1.84. The van der Waals surface area contributed by atoms with Crippen LogP contribution in [-0.4, -0.2) is 44.2 Å². The van der Waals surface area contributed by atoms with Gasteiger partial charge in [0.2, 0.25) is 11.9 Å². The second kappa shape index (κ2) is 7.85. The van der Waals surface area contributed by atoms with E-state index < -0.39 is 11.5 Å². The Labute approximate surface area is 160 Å². The van der Waals surface area contributed by atoms with Gasteiger partial charge in [-0.3, -0.25) is 9.36 Å². The molecule has 0 aliphatic heterocycles. The molecule has 0 fully saturated rings. The molecule has 3 rings (SSSR count). The van der Waals surface area contributed by atoms with Crippen LogP contribution in [-0.2, 0) is 18.3 Å². The molecule has 9 nitrogen and oxygen atoms in total. The van der Waals surface area contributed by atoms with Crippen LogP contribution in [0.2, 0.25) is 0 Å². The van der Waals surface area contributed by atoms with Crippen molar-refractivity contribution >= 4 is 23.2 Å². The summed E-state index contributed by atoms with van der Waals surface area (Å²) in [4.78, 5) is 21.2. The van der Waals surface area contributed by atoms with Gasteiger partial charge in [0.1, 0.15) is 5.65 Å². The van der Waals surface area contributed by atoms with E-state index in [4.69, 9.17) is 4.74 Å². The molecule has 148 valence electrons. The van der Waals surface area contributed by atoms with Crippen LogP contribution in [0.4, 0.5) is 10.3 Å². The standard InChI is InChI=1S/C18H22FN7O2/c1-10-8-11(2)21-16-14(10)17(27)22-18(26(16)6-7-28-5)23-20-9-13-12(3)24-25(4)15(13)19/h8-9H,6-7H2,1-5H3,(H,22,23,27)/b20-9-. The Morgan fingerprint density at radius 2 is 2.07 bits per heavy atom. The first-order valence-corrected chi connectivity index (χ1v) is 8.69. The van der Waals surface area contributed by atoms with E-state index >= 15 is 0 Å². The molecule has 0 spiro atoms. The number of rotatable bonds is 6. The number of hydrogen-bond acceptors (Lipinski definition) is 7. The molecule has 0 bridgehead atoms. The SMILES string of the molecule is COCCn1c(N/N=C\c2c(C)nn(C)c2F)nc(=O)c2c(C)cc(C)nc21. The Morgan fingerprint density at radius 3 is 2.71 bits per heavy atom. The molecule has 0 atom stereocenters. The van der Waals surface area contributed by atoms with Crippen LogP contribution in [0.25, 0.3) is 11.0 Å². The van der Waals surface area contributed by atoms with E-state index in [2.05, 4.69) is 25.6 Å². The lowest BCUT2D eigenvalue weighted by molar-refractivity contribution is 0.188. The number of hydrogen-bond donors (Lipinski definition) is 1. The fourth-order valence-electron chi connectivity index (χ4n) is 3.02. The topological polar surface area (TPSA) is 99.2 Å². The van der Waals surface area contributed by atoms with E-state index in [1.54, 1.807) is 18.6 Å². The minimum absolute atomic E-state index is 0.199. The van der Waals surface area contributed by atoms with Gasteiger partial charge in [-0.2, -0.15) is 19.6 Å². The number of nitrogens with one attached hydrogen (secondary N) is 1. The van der Waals surface area contributed by atoms with Crippen LogP contribution in [0.15, 0.2) is 16.0 Å². The number of ether oxygens (including phenoxy) is 1. The van der Waals surface area contributed by atoms with Gasteiger partial charge < -0.3 is 4.74 Å². The number of fused-ring (bicyclic) bond motifs is 1. The van der Waals surface area contributed by atoms with Gasteiger partial charge in [-0.15, -0.1) is 0 Å². The molecule has 28 heavy (non-hydrogen) atoms. The summed E-state index contributed by atoms with van der Waals surface area (Å²) in [7, 11) is 3.10. The molecule has 0 aromatic carbocycles. The fraction of sp³-hybridized carbons (Fsp3) is 0.389. The zero-order chi connectivity index (χ0) is 20.4. The van der Waals surface area contributed by atoms with Crippen molar-refractivity contribution in [2.75, 3.05) is 19.1 Å². The Balaban J connectivity index is 2.07. The Hall–Kier alpha value is -3.14. The third-order valence-electron chi connectivity index (χ3n) is 4.33. The first-order chi connectivity index (χ1) is 13.3. The first kappa shape index (κ1) is 19.6. The van der Waals surface area contributed by atoms with Crippen molar-refractivity contribution in [1.29, 1.82) is 0 Å². The van der Waals surface area contributed by atoms with Crippen molar-refractivity contribution < 1.29 is 9.13 Å². The number of hydrazone groups is 1. The monoisotopic (exact) mass is 387 g/mol. The zero-order valence-corrected chi connectivity index (χ0v) is 16.4. The van der Waals surface area contributed by atoms with Crippen molar-refractivity contribution in [3.05, 3.63) is 44.9 Å². The second-order valence-corrected chi connectivity index (χ2v) is 6.45. The molecule has 0 unspecified atom stereocenters. The summed E-state index contributed by atoms with van der Waals surface area (Å²) in [5.41, 5.74) is 5.16. The number of aromatic nitrogens is 5. The summed E-state index contributed by atoms with van der Waals surface area (Å²) in [6.45, 7) is 6.19. The molecule has 0 saturated heterocycles. The van der Waals surface area contributed by atoms with Gasteiger partial charge in [-0.05, 0) is 32.4 Å². The predicted octanol–water partition coefficient (Wildman–Crippen LogP) is 1.68. The molecule has 0 radical (unpaired) electrons. The number of halogens is 1. The van der Waals surface area contributed by atoms with E-state index in [0.29, 0.717) is 29.9 Å². The van der Waals surface area contributed by atoms with Gasteiger partial charge in [0, 0.05) is 19.9 Å². The lowest BCUT2D eigenvalue weighted by Crippen LogP contribution is -2.21. The van der Waals surface area contributed by atoms with Crippen LogP contribution in [0.1, 0.15) is 22.5 Å². The highest BCUT2D eigenvalue weighted by Gasteiger charge is 2.15. The van der Waals surface area contributed by atoms with E-state index in [1.807, 2.05) is 19.9 Å². The molecule has 3 heterocycles. The Bertz CT molecular complexity index is 1120. The highest BCUT2D eigenvalue weighted by Crippen LogP contribution is 2.17. The van der Waals surface area contributed by atoms with Gasteiger partial charge >= 0.3 is 0 Å². The van der Waals surface area contributed by atoms with E-state index in [-0.39, 0.29) is 11.5 Å². The van der Waals surface area contributed by atoms with Gasteiger partial charge in [0.05, 0.1) is 36.0 Å². The molecule has 0 aliphatic rings.